The molecular weight excluding hydrogens is 829 g/mol. The largest absolute Gasteiger partial charge is 0.500 e. The number of rotatable bonds is 35. The van der Waals surface area contributed by atoms with Crippen molar-refractivity contribution in [2.24, 2.45) is 10.8 Å². The van der Waals surface area contributed by atoms with Crippen LogP contribution in [0.3, 0.4) is 0 Å². The fraction of sp³-hybridized carbons (Fsp3) is 0.607. The third kappa shape index (κ3) is 30.1. The fourth-order valence-corrected chi connectivity index (χ4v) is 6.64. The van der Waals surface area contributed by atoms with Gasteiger partial charge in [0.2, 0.25) is 0 Å². The Morgan fingerprint density at radius 2 is 1.15 bits per heavy atom. The monoisotopic (exact) mass is 919 g/mol. The van der Waals surface area contributed by atoms with E-state index in [9.17, 15) is 9.59 Å². The van der Waals surface area contributed by atoms with Gasteiger partial charge >= 0.3 is 11.9 Å². The highest BCUT2D eigenvalue weighted by Crippen LogP contribution is 2.40. The van der Waals surface area contributed by atoms with Crippen LogP contribution < -0.4 is 0 Å². The number of hydrogen-bond donors (Lipinski definition) is 0. The summed E-state index contributed by atoms with van der Waals surface area (Å²) in [6, 6.07) is 0. The lowest BCUT2D eigenvalue weighted by molar-refractivity contribution is -0.145. The summed E-state index contributed by atoms with van der Waals surface area (Å²) in [4.78, 5) is 28.6. The second-order valence-electron chi connectivity index (χ2n) is 18.8. The van der Waals surface area contributed by atoms with Crippen LogP contribution in [0.4, 0.5) is 0 Å². The number of carbonyl (C=O) groups excluding carboxylic acids is 2. The number of carbonyl (C=O) groups is 2. The third-order valence-electron chi connectivity index (χ3n) is 11.7. The number of allylic oxidation sites excluding steroid dienone is 17. The first-order valence-electron chi connectivity index (χ1n) is 24.2. The topological polar surface area (TPSA) is 96.0 Å². The molecule has 1 aliphatic carbocycles. The quantitative estimate of drug-likeness (QED) is 0.0265. The molecular formula is C56H90N2O8. The minimum atomic E-state index is -0.261. The first-order valence-corrected chi connectivity index (χ1v) is 24.2. The smallest absolute Gasteiger partial charge is 0.309 e. The van der Waals surface area contributed by atoms with Crippen molar-refractivity contribution in [2.75, 3.05) is 93.1 Å². The van der Waals surface area contributed by atoms with Crippen LogP contribution in [0.2, 0.25) is 0 Å². The maximum absolute atomic E-state index is 12.1. The van der Waals surface area contributed by atoms with Crippen LogP contribution >= 0.6 is 0 Å². The van der Waals surface area contributed by atoms with Crippen LogP contribution in [-0.2, 0) is 38.0 Å². The number of likely N-dealkylation sites (N-methyl/N-ethyl adjacent to an activating group) is 2. The van der Waals surface area contributed by atoms with E-state index in [-0.39, 0.29) is 48.8 Å². The van der Waals surface area contributed by atoms with Gasteiger partial charge in [0.15, 0.2) is 0 Å². The molecule has 0 radical (unpaired) electrons. The molecule has 0 aromatic heterocycles. The van der Waals surface area contributed by atoms with E-state index < -0.39 is 0 Å². The number of hydrogen-bond acceptors (Lipinski definition) is 10. The lowest BCUT2D eigenvalue weighted by atomic mass is 9.72. The molecule has 0 saturated heterocycles. The first kappa shape index (κ1) is 59.8. The summed E-state index contributed by atoms with van der Waals surface area (Å²) in [6.45, 7) is 32.6. The van der Waals surface area contributed by atoms with Gasteiger partial charge in [0.05, 0.1) is 78.2 Å². The van der Waals surface area contributed by atoms with Gasteiger partial charge in [0.25, 0.3) is 0 Å². The van der Waals surface area contributed by atoms with Gasteiger partial charge in [-0.1, -0.05) is 119 Å². The summed E-state index contributed by atoms with van der Waals surface area (Å²) in [5, 5.41) is 0. The predicted molar refractivity (Wildman–Crippen MR) is 274 cm³/mol. The zero-order valence-corrected chi connectivity index (χ0v) is 43.4. The molecule has 0 aromatic carbocycles. The predicted octanol–water partition coefficient (Wildman–Crippen LogP) is 12.0. The molecule has 0 saturated carbocycles. The van der Waals surface area contributed by atoms with Crippen LogP contribution in [0, 0.1) is 10.8 Å². The second-order valence-corrected chi connectivity index (χ2v) is 18.8. The van der Waals surface area contributed by atoms with Gasteiger partial charge < -0.3 is 38.2 Å². The van der Waals surface area contributed by atoms with E-state index in [1.165, 1.54) is 36.0 Å². The van der Waals surface area contributed by atoms with E-state index >= 15 is 0 Å². The van der Waals surface area contributed by atoms with Crippen LogP contribution in [0.15, 0.2) is 119 Å². The molecule has 10 nitrogen and oxygen atoms in total. The fourth-order valence-electron chi connectivity index (χ4n) is 6.64. The van der Waals surface area contributed by atoms with Gasteiger partial charge in [0.1, 0.15) is 0 Å². The molecule has 1 rings (SSSR count). The van der Waals surface area contributed by atoms with Gasteiger partial charge in [-0.2, -0.15) is 0 Å². The molecule has 0 atom stereocenters. The molecule has 0 fully saturated rings. The van der Waals surface area contributed by atoms with E-state index in [0.717, 1.165) is 67.7 Å². The average molecular weight is 919 g/mol. The molecule has 66 heavy (non-hydrogen) atoms. The van der Waals surface area contributed by atoms with Gasteiger partial charge in [0, 0.05) is 26.2 Å². The highest BCUT2D eigenvalue weighted by atomic mass is 16.5. The van der Waals surface area contributed by atoms with E-state index in [4.69, 9.17) is 28.4 Å². The lowest BCUT2D eigenvalue weighted by Crippen LogP contribution is -2.27. The van der Waals surface area contributed by atoms with Crippen molar-refractivity contribution in [1.29, 1.82) is 0 Å². The Morgan fingerprint density at radius 3 is 1.62 bits per heavy atom. The maximum Gasteiger partial charge on any atom is 0.309 e. The summed E-state index contributed by atoms with van der Waals surface area (Å²) < 4.78 is 33.3. The molecule has 0 N–H and O–H groups in total. The van der Waals surface area contributed by atoms with Crippen molar-refractivity contribution in [3.8, 4) is 0 Å². The minimum absolute atomic E-state index is 0.0994. The lowest BCUT2D eigenvalue weighted by Gasteiger charge is -2.32. The van der Waals surface area contributed by atoms with E-state index in [1.807, 2.05) is 58.3 Å². The molecule has 0 aromatic rings. The van der Waals surface area contributed by atoms with Crippen molar-refractivity contribution in [3.05, 3.63) is 119 Å². The summed E-state index contributed by atoms with van der Waals surface area (Å²) in [5.41, 5.74) is 8.69. The van der Waals surface area contributed by atoms with Crippen molar-refractivity contribution >= 4 is 11.9 Å². The molecule has 1 aliphatic rings. The summed E-state index contributed by atoms with van der Waals surface area (Å²) in [7, 11) is 4.06. The Balaban J connectivity index is 2.03. The van der Waals surface area contributed by atoms with Crippen molar-refractivity contribution in [1.82, 2.24) is 9.80 Å². The van der Waals surface area contributed by atoms with Crippen LogP contribution in [-0.4, -0.2) is 115 Å². The Labute approximate surface area is 401 Å². The molecule has 372 valence electrons. The first-order chi connectivity index (χ1) is 31.4. The van der Waals surface area contributed by atoms with Crippen LogP contribution in [0.1, 0.15) is 121 Å². The molecule has 0 bridgehead atoms. The van der Waals surface area contributed by atoms with Gasteiger partial charge in [-0.25, -0.2) is 0 Å². The zero-order valence-electron chi connectivity index (χ0n) is 43.4. The molecule has 0 heterocycles. The molecule has 0 unspecified atom stereocenters. The number of esters is 2. The summed E-state index contributed by atoms with van der Waals surface area (Å²) in [6.07, 6.45) is 30.8. The molecule has 0 amide bonds. The summed E-state index contributed by atoms with van der Waals surface area (Å²) >= 11 is 0. The number of nitrogens with zero attached hydrogens (tertiary/aromatic N) is 2. The van der Waals surface area contributed by atoms with E-state index in [2.05, 4.69) is 102 Å². The Hall–Kier alpha value is -4.22. The van der Waals surface area contributed by atoms with Crippen LogP contribution in [0.5, 0.6) is 0 Å². The number of ether oxygens (including phenoxy) is 6. The van der Waals surface area contributed by atoms with Crippen molar-refractivity contribution in [3.63, 3.8) is 0 Å². The third-order valence-corrected chi connectivity index (χ3v) is 11.7. The van der Waals surface area contributed by atoms with Crippen LogP contribution in [0.25, 0.3) is 0 Å². The Bertz CT molecular complexity index is 1720. The minimum Gasteiger partial charge on any atom is -0.500 e. The maximum atomic E-state index is 12.1. The zero-order chi connectivity index (χ0) is 49.2. The molecule has 0 spiro atoms. The standard InChI is InChI=1S/C56H90N2O8/c1-14-55(8,9)51(7)27-25-46(2)20-15-22-48(4)44-63-38-29-53(59)65-36-18-32-57(12)34-40-61-42-43-62-41-35-58(13)33-19-37-66-54(60)30-39-64-45-49(5)23-16-21-47(3)26-28-52-50(6)24-17-31-56(52,10)11/h15-16,20-23,25-28,44-45H,7,14,17-19,24,29-43H2,1-6,8-13H3/b22-15+,23-16+,27-25+,28-26+,46-20+,47-21+,48-44+,49-45+. The van der Waals surface area contributed by atoms with E-state index in [0.29, 0.717) is 39.6 Å². The normalized spacial score (nSPS) is 15.7. The van der Waals surface area contributed by atoms with Gasteiger partial charge in [-0.15, -0.1) is 0 Å². The second kappa shape index (κ2) is 35.0. The van der Waals surface area contributed by atoms with E-state index in [1.54, 1.807) is 12.5 Å². The highest BCUT2D eigenvalue weighted by molar-refractivity contribution is 5.69. The SMILES string of the molecule is C=C(/C=C/C(C)=C/C=C/C(C)=C/OCCC(=O)OCCCN(C)CCOCCOCCN(C)CCCOC(=O)CCO/C=C(C)/C=C/C=C(C)/C=C/C1=C(C)CCCC1(C)C)C(C)(C)CC. The Kier molecular flexibility index (Phi) is 31.7. The van der Waals surface area contributed by atoms with Crippen molar-refractivity contribution in [2.45, 2.75) is 121 Å². The van der Waals surface area contributed by atoms with Gasteiger partial charge in [-0.3, -0.25) is 9.59 Å². The molecule has 0 aliphatic heterocycles. The van der Waals surface area contributed by atoms with Gasteiger partial charge in [-0.05, 0) is 120 Å². The highest BCUT2D eigenvalue weighted by Gasteiger charge is 2.26. The molecule has 10 heteroatoms. The average Bonchev–Trinajstić information content (AvgIpc) is 3.26. The Morgan fingerprint density at radius 1 is 0.667 bits per heavy atom. The van der Waals surface area contributed by atoms with Crippen molar-refractivity contribution < 1.29 is 38.0 Å². The summed E-state index contributed by atoms with van der Waals surface area (Å²) in [5.74, 6) is -0.516.